The topological polar surface area (TPSA) is 52.5 Å². The number of hydrogen-bond acceptors (Lipinski definition) is 5. The molecule has 1 aliphatic heterocycles. The zero-order chi connectivity index (χ0) is 14.7. The summed E-state index contributed by atoms with van der Waals surface area (Å²) in [6.07, 6.45) is 0. The minimum Gasteiger partial charge on any atom is -0.390 e. The molecule has 2 heterocycles. The van der Waals surface area contributed by atoms with Crippen molar-refractivity contribution in [3.8, 4) is 0 Å². The minimum absolute atomic E-state index is 0.0611. The summed E-state index contributed by atoms with van der Waals surface area (Å²) in [7, 11) is 0. The second-order valence-electron chi connectivity index (χ2n) is 5.35. The molecular weight excluding hydrogens is 264 g/mol. The highest BCUT2D eigenvalue weighted by Crippen LogP contribution is 2.19. The Kier molecular flexibility index (Phi) is 4.01. The first-order valence-electron chi connectivity index (χ1n) is 7.26. The zero-order valence-electron chi connectivity index (χ0n) is 12.2. The molecule has 3 rings (SSSR count). The van der Waals surface area contributed by atoms with Gasteiger partial charge in [0.05, 0.1) is 12.3 Å². The highest BCUT2D eigenvalue weighted by atomic mass is 16.3. The fourth-order valence-electron chi connectivity index (χ4n) is 2.62. The lowest BCUT2D eigenvalue weighted by Crippen LogP contribution is -2.46. The number of piperazine rings is 1. The van der Waals surface area contributed by atoms with Crippen molar-refractivity contribution in [3.63, 3.8) is 0 Å². The van der Waals surface area contributed by atoms with E-state index in [-0.39, 0.29) is 6.61 Å². The van der Waals surface area contributed by atoms with Gasteiger partial charge in [0.25, 0.3) is 0 Å². The van der Waals surface area contributed by atoms with E-state index in [1.54, 1.807) is 0 Å². The van der Waals surface area contributed by atoms with Gasteiger partial charge in [0.2, 0.25) is 0 Å². The van der Waals surface area contributed by atoms with Crippen LogP contribution in [0.5, 0.6) is 0 Å². The number of aromatic nitrogens is 2. The van der Waals surface area contributed by atoms with Crippen molar-refractivity contribution in [3.05, 3.63) is 47.7 Å². The Labute approximate surface area is 124 Å². The van der Waals surface area contributed by atoms with Gasteiger partial charge in [-0.15, -0.1) is 5.10 Å². The van der Waals surface area contributed by atoms with Gasteiger partial charge in [-0.2, -0.15) is 5.10 Å². The van der Waals surface area contributed by atoms with Crippen molar-refractivity contribution in [2.75, 3.05) is 36.0 Å². The summed E-state index contributed by atoms with van der Waals surface area (Å²) in [5.74, 6) is 0.885. The van der Waals surface area contributed by atoms with Crippen LogP contribution in [0.4, 0.5) is 11.5 Å². The van der Waals surface area contributed by atoms with Gasteiger partial charge in [0.1, 0.15) is 0 Å². The van der Waals surface area contributed by atoms with E-state index in [0.29, 0.717) is 5.69 Å². The summed E-state index contributed by atoms with van der Waals surface area (Å²) in [5, 5.41) is 17.2. The molecule has 0 saturated carbocycles. The zero-order valence-corrected chi connectivity index (χ0v) is 12.2. The first-order chi connectivity index (χ1) is 10.3. The SMILES string of the molecule is Cc1cccc(N2CCN(c3ccc(CO)nn3)CC2)c1. The molecule has 0 spiro atoms. The van der Waals surface area contributed by atoms with Gasteiger partial charge in [-0.3, -0.25) is 0 Å². The second-order valence-corrected chi connectivity index (χ2v) is 5.35. The van der Waals surface area contributed by atoms with Gasteiger partial charge >= 0.3 is 0 Å². The number of aryl methyl sites for hydroxylation is 1. The van der Waals surface area contributed by atoms with Gasteiger partial charge in [-0.1, -0.05) is 12.1 Å². The molecule has 0 atom stereocenters. The summed E-state index contributed by atoms with van der Waals surface area (Å²) >= 11 is 0. The van der Waals surface area contributed by atoms with Crippen LogP contribution in [0.2, 0.25) is 0 Å². The Morgan fingerprint density at radius 1 is 1.00 bits per heavy atom. The van der Waals surface area contributed by atoms with E-state index < -0.39 is 0 Å². The molecule has 1 fully saturated rings. The van der Waals surface area contributed by atoms with Crippen LogP contribution in [-0.4, -0.2) is 41.5 Å². The molecule has 0 bridgehead atoms. The monoisotopic (exact) mass is 284 g/mol. The Morgan fingerprint density at radius 2 is 1.76 bits per heavy atom. The predicted octanol–water partition coefficient (Wildman–Crippen LogP) is 1.60. The fraction of sp³-hybridized carbons (Fsp3) is 0.375. The van der Waals surface area contributed by atoms with Crippen molar-refractivity contribution in [2.24, 2.45) is 0 Å². The summed E-state index contributed by atoms with van der Waals surface area (Å²) in [4.78, 5) is 4.64. The fourth-order valence-corrected chi connectivity index (χ4v) is 2.62. The summed E-state index contributed by atoms with van der Waals surface area (Å²) in [6.45, 7) is 5.88. The van der Waals surface area contributed by atoms with E-state index in [1.807, 2.05) is 12.1 Å². The number of rotatable bonds is 3. The predicted molar refractivity (Wildman–Crippen MR) is 83.6 cm³/mol. The number of nitrogens with zero attached hydrogens (tertiary/aromatic N) is 4. The Hall–Kier alpha value is -2.14. The van der Waals surface area contributed by atoms with E-state index in [4.69, 9.17) is 5.11 Å². The largest absolute Gasteiger partial charge is 0.390 e. The highest BCUT2D eigenvalue weighted by Gasteiger charge is 2.18. The first kappa shape index (κ1) is 13.8. The quantitative estimate of drug-likeness (QED) is 0.928. The average molecular weight is 284 g/mol. The molecular formula is C16H20N4O. The summed E-state index contributed by atoms with van der Waals surface area (Å²) in [6, 6.07) is 12.4. The third-order valence-electron chi connectivity index (χ3n) is 3.84. The van der Waals surface area contributed by atoms with Crippen molar-refractivity contribution >= 4 is 11.5 Å². The molecule has 5 nitrogen and oxygen atoms in total. The normalized spacial score (nSPS) is 15.3. The van der Waals surface area contributed by atoms with Crippen LogP contribution in [0, 0.1) is 6.92 Å². The average Bonchev–Trinajstić information content (AvgIpc) is 2.55. The molecule has 5 heteroatoms. The van der Waals surface area contributed by atoms with Crippen molar-refractivity contribution in [1.29, 1.82) is 0 Å². The van der Waals surface area contributed by atoms with Crippen molar-refractivity contribution < 1.29 is 5.11 Å². The van der Waals surface area contributed by atoms with E-state index in [1.165, 1.54) is 11.3 Å². The molecule has 0 radical (unpaired) electrons. The molecule has 21 heavy (non-hydrogen) atoms. The molecule has 0 unspecified atom stereocenters. The number of anilines is 2. The molecule has 1 N–H and O–H groups in total. The maximum atomic E-state index is 9.00. The third kappa shape index (κ3) is 3.13. The molecule has 0 aliphatic carbocycles. The van der Waals surface area contributed by atoms with Crippen LogP contribution in [0.15, 0.2) is 36.4 Å². The van der Waals surface area contributed by atoms with Gasteiger partial charge in [-0.25, -0.2) is 0 Å². The molecule has 1 aliphatic rings. The maximum Gasteiger partial charge on any atom is 0.151 e. The smallest absolute Gasteiger partial charge is 0.151 e. The molecule has 2 aromatic rings. The first-order valence-corrected chi connectivity index (χ1v) is 7.26. The number of aliphatic hydroxyl groups is 1. The van der Waals surface area contributed by atoms with Crippen molar-refractivity contribution in [2.45, 2.75) is 13.5 Å². The summed E-state index contributed by atoms with van der Waals surface area (Å²) in [5.41, 5.74) is 3.19. The van der Waals surface area contributed by atoms with Gasteiger partial charge in [0, 0.05) is 31.9 Å². The Balaban J connectivity index is 1.64. The summed E-state index contributed by atoms with van der Waals surface area (Å²) < 4.78 is 0. The molecule has 110 valence electrons. The van der Waals surface area contributed by atoms with Crippen LogP contribution in [0.25, 0.3) is 0 Å². The van der Waals surface area contributed by atoms with Crippen molar-refractivity contribution in [1.82, 2.24) is 10.2 Å². The van der Waals surface area contributed by atoms with Crippen LogP contribution < -0.4 is 9.80 Å². The van der Waals surface area contributed by atoms with Crippen LogP contribution >= 0.6 is 0 Å². The van der Waals surface area contributed by atoms with Gasteiger partial charge in [0.15, 0.2) is 5.82 Å². The Morgan fingerprint density at radius 3 is 2.38 bits per heavy atom. The molecule has 1 aromatic carbocycles. The number of aliphatic hydroxyl groups excluding tert-OH is 1. The van der Waals surface area contributed by atoms with Gasteiger partial charge in [-0.05, 0) is 36.8 Å². The lowest BCUT2D eigenvalue weighted by molar-refractivity contribution is 0.275. The van der Waals surface area contributed by atoms with Crippen LogP contribution in [0.3, 0.4) is 0 Å². The third-order valence-corrected chi connectivity index (χ3v) is 3.84. The minimum atomic E-state index is -0.0611. The van der Waals surface area contributed by atoms with Crippen LogP contribution in [-0.2, 0) is 6.61 Å². The number of hydrogen-bond donors (Lipinski definition) is 1. The standard InChI is InChI=1S/C16H20N4O/c1-13-3-2-4-15(11-13)19-7-9-20(10-8-19)16-6-5-14(12-21)17-18-16/h2-6,11,21H,7-10,12H2,1H3. The maximum absolute atomic E-state index is 9.00. The lowest BCUT2D eigenvalue weighted by atomic mass is 10.2. The second kappa shape index (κ2) is 6.10. The van der Waals surface area contributed by atoms with E-state index in [9.17, 15) is 0 Å². The van der Waals surface area contributed by atoms with E-state index >= 15 is 0 Å². The molecule has 1 aromatic heterocycles. The molecule has 0 amide bonds. The Bertz CT molecular complexity index is 591. The highest BCUT2D eigenvalue weighted by molar-refractivity contribution is 5.50. The van der Waals surface area contributed by atoms with Crippen LogP contribution in [0.1, 0.15) is 11.3 Å². The van der Waals surface area contributed by atoms with E-state index in [0.717, 1.165) is 32.0 Å². The number of benzene rings is 1. The van der Waals surface area contributed by atoms with Gasteiger partial charge < -0.3 is 14.9 Å². The van der Waals surface area contributed by atoms with E-state index in [2.05, 4.69) is 51.2 Å². The molecule has 1 saturated heterocycles. The lowest BCUT2D eigenvalue weighted by Gasteiger charge is -2.36.